The highest BCUT2D eigenvalue weighted by atomic mass is 32.2. The summed E-state index contributed by atoms with van der Waals surface area (Å²) in [5, 5.41) is 3.81. The van der Waals surface area contributed by atoms with Crippen LogP contribution in [0.2, 0.25) is 0 Å². The topological polar surface area (TPSA) is 98.0 Å². The highest BCUT2D eigenvalue weighted by Gasteiger charge is 2.23. The summed E-state index contributed by atoms with van der Waals surface area (Å²) in [5.41, 5.74) is 0.589. The molecule has 0 atom stereocenters. The van der Waals surface area contributed by atoms with Gasteiger partial charge in [0.2, 0.25) is 21.7 Å². The van der Waals surface area contributed by atoms with E-state index in [9.17, 15) is 8.42 Å². The van der Waals surface area contributed by atoms with Gasteiger partial charge in [-0.05, 0) is 30.9 Å². The Balaban J connectivity index is 1.58. The molecule has 0 bridgehead atoms. The first-order valence-electron chi connectivity index (χ1n) is 7.34. The Morgan fingerprint density at radius 2 is 2.09 bits per heavy atom. The molecule has 7 nitrogen and oxygen atoms in total. The van der Waals surface area contributed by atoms with Crippen molar-refractivity contribution in [1.29, 1.82) is 0 Å². The van der Waals surface area contributed by atoms with Crippen molar-refractivity contribution in [3.63, 3.8) is 0 Å². The smallest absolute Gasteiger partial charge is 0.242 e. The van der Waals surface area contributed by atoms with Crippen LogP contribution in [0, 0.1) is 5.92 Å². The van der Waals surface area contributed by atoms with Crippen molar-refractivity contribution in [3.05, 3.63) is 30.3 Å². The standard InChI is InChI=1S/C14H18N4O3S/c19-22(20,10-11-5-1-2-6-11)16-9-13-17-14(18-21-13)12-7-3-4-8-15-12/h3-4,7-8,11,16H,1-2,5-6,9-10H2. The van der Waals surface area contributed by atoms with Gasteiger partial charge in [-0.3, -0.25) is 4.98 Å². The number of hydrogen-bond donors (Lipinski definition) is 1. The average molecular weight is 322 g/mol. The zero-order valence-electron chi connectivity index (χ0n) is 12.1. The molecule has 1 aliphatic carbocycles. The van der Waals surface area contributed by atoms with Crippen molar-refractivity contribution in [2.75, 3.05) is 5.75 Å². The normalized spacial score (nSPS) is 16.2. The van der Waals surface area contributed by atoms with Crippen LogP contribution in [0.5, 0.6) is 0 Å². The zero-order valence-corrected chi connectivity index (χ0v) is 12.9. The van der Waals surface area contributed by atoms with Crippen LogP contribution in [0.1, 0.15) is 31.6 Å². The van der Waals surface area contributed by atoms with Gasteiger partial charge >= 0.3 is 0 Å². The molecule has 0 aromatic carbocycles. The minimum absolute atomic E-state index is 0.00882. The molecule has 0 radical (unpaired) electrons. The van der Waals surface area contributed by atoms with Gasteiger partial charge in [-0.2, -0.15) is 4.98 Å². The fourth-order valence-corrected chi connectivity index (χ4v) is 4.06. The monoisotopic (exact) mass is 322 g/mol. The first-order valence-corrected chi connectivity index (χ1v) is 8.99. The largest absolute Gasteiger partial charge is 0.337 e. The van der Waals surface area contributed by atoms with E-state index in [0.29, 0.717) is 11.5 Å². The molecule has 22 heavy (non-hydrogen) atoms. The molecule has 0 saturated heterocycles. The van der Waals surface area contributed by atoms with Gasteiger partial charge in [-0.25, -0.2) is 13.1 Å². The van der Waals surface area contributed by atoms with E-state index >= 15 is 0 Å². The Labute approximate surface area is 129 Å². The summed E-state index contributed by atoms with van der Waals surface area (Å²) in [7, 11) is -3.31. The molecular weight excluding hydrogens is 304 g/mol. The summed E-state index contributed by atoms with van der Waals surface area (Å²) in [5.74, 6) is 1.03. The van der Waals surface area contributed by atoms with Gasteiger partial charge in [0.05, 0.1) is 12.3 Å². The highest BCUT2D eigenvalue weighted by Crippen LogP contribution is 2.25. The van der Waals surface area contributed by atoms with E-state index < -0.39 is 10.0 Å². The first kappa shape index (κ1) is 15.1. The summed E-state index contributed by atoms with van der Waals surface area (Å²) >= 11 is 0. The predicted molar refractivity (Wildman–Crippen MR) is 80.1 cm³/mol. The van der Waals surface area contributed by atoms with Crippen molar-refractivity contribution in [1.82, 2.24) is 19.8 Å². The first-order chi connectivity index (χ1) is 10.6. The summed E-state index contributed by atoms with van der Waals surface area (Å²) in [4.78, 5) is 8.26. The maximum atomic E-state index is 12.0. The maximum Gasteiger partial charge on any atom is 0.242 e. The van der Waals surface area contributed by atoms with Crippen molar-refractivity contribution in [2.45, 2.75) is 32.2 Å². The molecule has 3 rings (SSSR count). The molecule has 2 heterocycles. The molecular formula is C14H18N4O3S. The van der Waals surface area contributed by atoms with E-state index in [0.717, 1.165) is 25.7 Å². The van der Waals surface area contributed by atoms with Gasteiger partial charge in [0, 0.05) is 6.20 Å². The second kappa shape index (κ2) is 6.53. The molecule has 0 amide bonds. The van der Waals surface area contributed by atoms with Gasteiger partial charge in [-0.1, -0.05) is 24.1 Å². The van der Waals surface area contributed by atoms with Crippen LogP contribution >= 0.6 is 0 Å². The molecule has 1 N–H and O–H groups in total. The Kier molecular flexibility index (Phi) is 4.49. The van der Waals surface area contributed by atoms with E-state index in [1.165, 1.54) is 0 Å². The lowest BCUT2D eigenvalue weighted by molar-refractivity contribution is 0.375. The third-order valence-corrected chi connectivity index (χ3v) is 5.23. The SMILES string of the molecule is O=S(=O)(CC1CCCC1)NCc1nc(-c2ccccn2)no1. The lowest BCUT2D eigenvalue weighted by Crippen LogP contribution is -2.29. The molecule has 1 aliphatic rings. The summed E-state index contributed by atoms with van der Waals surface area (Å²) < 4.78 is 31.6. The van der Waals surface area contributed by atoms with Gasteiger partial charge in [0.1, 0.15) is 5.69 Å². The predicted octanol–water partition coefficient (Wildman–Crippen LogP) is 1.74. The number of pyridine rings is 1. The highest BCUT2D eigenvalue weighted by molar-refractivity contribution is 7.89. The van der Waals surface area contributed by atoms with Crippen molar-refractivity contribution in [3.8, 4) is 11.5 Å². The van der Waals surface area contributed by atoms with Gasteiger partial charge in [-0.15, -0.1) is 0 Å². The van der Waals surface area contributed by atoms with Crippen LogP contribution in [0.3, 0.4) is 0 Å². The van der Waals surface area contributed by atoms with Crippen LogP contribution in [-0.2, 0) is 16.6 Å². The molecule has 1 fully saturated rings. The maximum absolute atomic E-state index is 12.0. The number of hydrogen-bond acceptors (Lipinski definition) is 6. The number of nitrogens with one attached hydrogen (secondary N) is 1. The Bertz CT molecular complexity index is 709. The molecule has 2 aromatic rings. The molecule has 0 aliphatic heterocycles. The summed E-state index contributed by atoms with van der Waals surface area (Å²) in [6, 6.07) is 5.38. The van der Waals surface area contributed by atoms with Gasteiger partial charge < -0.3 is 4.52 Å². The van der Waals surface area contributed by atoms with E-state index in [2.05, 4.69) is 19.8 Å². The van der Waals surface area contributed by atoms with Crippen LogP contribution in [0.25, 0.3) is 11.5 Å². The molecule has 2 aromatic heterocycles. The zero-order chi connectivity index (χ0) is 15.4. The molecule has 1 saturated carbocycles. The van der Waals surface area contributed by atoms with E-state index in [1.54, 1.807) is 18.3 Å². The molecule has 0 spiro atoms. The molecule has 0 unspecified atom stereocenters. The number of rotatable bonds is 6. The third-order valence-electron chi connectivity index (χ3n) is 3.74. The van der Waals surface area contributed by atoms with Crippen molar-refractivity contribution >= 4 is 10.0 Å². The minimum atomic E-state index is -3.31. The summed E-state index contributed by atoms with van der Waals surface area (Å²) in [6.07, 6.45) is 5.86. The number of nitrogens with zero attached hydrogens (tertiary/aromatic N) is 3. The average Bonchev–Trinajstić information content (AvgIpc) is 3.17. The Morgan fingerprint density at radius 3 is 2.82 bits per heavy atom. The Hall–Kier alpha value is -1.80. The number of aromatic nitrogens is 3. The second-order valence-electron chi connectivity index (χ2n) is 5.48. The van der Waals surface area contributed by atoms with Crippen LogP contribution < -0.4 is 4.72 Å². The summed E-state index contributed by atoms with van der Waals surface area (Å²) in [6.45, 7) is 0.00882. The van der Waals surface area contributed by atoms with Crippen molar-refractivity contribution < 1.29 is 12.9 Å². The molecule has 118 valence electrons. The number of sulfonamides is 1. The second-order valence-corrected chi connectivity index (χ2v) is 7.33. The van der Waals surface area contributed by atoms with Gasteiger partial charge in [0.25, 0.3) is 0 Å². The van der Waals surface area contributed by atoms with Crippen molar-refractivity contribution in [2.24, 2.45) is 5.92 Å². The van der Waals surface area contributed by atoms with E-state index in [-0.39, 0.29) is 24.1 Å². The quantitative estimate of drug-likeness (QED) is 0.870. The van der Waals surface area contributed by atoms with Gasteiger partial charge in [0.15, 0.2) is 0 Å². The fraction of sp³-hybridized carbons (Fsp3) is 0.500. The Morgan fingerprint density at radius 1 is 1.27 bits per heavy atom. The lowest BCUT2D eigenvalue weighted by Gasteiger charge is -2.09. The van der Waals surface area contributed by atoms with E-state index in [1.807, 2.05) is 6.07 Å². The lowest BCUT2D eigenvalue weighted by atomic mass is 10.1. The minimum Gasteiger partial charge on any atom is -0.337 e. The molecule has 8 heteroatoms. The van der Waals surface area contributed by atoms with E-state index in [4.69, 9.17) is 4.52 Å². The fourth-order valence-electron chi connectivity index (χ4n) is 2.64. The van der Waals surface area contributed by atoms with Crippen LogP contribution in [-0.4, -0.2) is 29.3 Å². The van der Waals surface area contributed by atoms with Crippen LogP contribution in [0.4, 0.5) is 0 Å². The third kappa shape index (κ3) is 3.89. The van der Waals surface area contributed by atoms with Crippen LogP contribution in [0.15, 0.2) is 28.9 Å².